The summed E-state index contributed by atoms with van der Waals surface area (Å²) in [6, 6.07) is 4.70. The average Bonchev–Trinajstić information content (AvgIpc) is 2.89. The molecule has 1 aromatic heterocycles. The number of ether oxygens (including phenoxy) is 1. The summed E-state index contributed by atoms with van der Waals surface area (Å²) >= 11 is 12.0. The van der Waals surface area contributed by atoms with E-state index in [0.29, 0.717) is 22.2 Å². The van der Waals surface area contributed by atoms with Crippen LogP contribution in [0, 0.1) is 13.8 Å². The molecule has 2 rings (SSSR count). The molecule has 0 aliphatic rings. The number of aryl methyl sites for hydroxylation is 2. The molecule has 1 atom stereocenters. The van der Waals surface area contributed by atoms with Gasteiger partial charge < -0.3 is 14.6 Å². The summed E-state index contributed by atoms with van der Waals surface area (Å²) in [6.07, 6.45) is 0.604. The van der Waals surface area contributed by atoms with Gasteiger partial charge in [0.05, 0.1) is 11.7 Å². The molecule has 0 unspecified atom stereocenters. The Balaban J connectivity index is 1.78. The van der Waals surface area contributed by atoms with Crippen molar-refractivity contribution in [1.82, 2.24) is 10.5 Å². The Bertz CT molecular complexity index is 785. The van der Waals surface area contributed by atoms with Gasteiger partial charge in [-0.25, -0.2) is 0 Å². The molecule has 140 valence electrons. The molecular formula is C18H20Cl2N2O4. The van der Waals surface area contributed by atoms with Gasteiger partial charge in [0.1, 0.15) is 5.76 Å². The Morgan fingerprint density at radius 1 is 1.31 bits per heavy atom. The lowest BCUT2D eigenvalue weighted by atomic mass is 10.1. The second-order valence-corrected chi connectivity index (χ2v) is 6.76. The summed E-state index contributed by atoms with van der Waals surface area (Å²) in [6.45, 7) is 5.04. The van der Waals surface area contributed by atoms with E-state index in [2.05, 4.69) is 10.5 Å². The Hall–Kier alpha value is -2.05. The summed E-state index contributed by atoms with van der Waals surface area (Å²) < 4.78 is 10.1. The lowest BCUT2D eigenvalue weighted by molar-refractivity contribution is -0.148. The van der Waals surface area contributed by atoms with Crippen LogP contribution in [0.5, 0.6) is 0 Å². The van der Waals surface area contributed by atoms with E-state index in [1.54, 1.807) is 32.0 Å². The van der Waals surface area contributed by atoms with E-state index in [9.17, 15) is 9.59 Å². The predicted octanol–water partition coefficient (Wildman–Crippen LogP) is 3.95. The number of carbonyl (C=O) groups is 2. The molecule has 0 saturated heterocycles. The van der Waals surface area contributed by atoms with Crippen LogP contribution >= 0.6 is 23.2 Å². The lowest BCUT2D eigenvalue weighted by Crippen LogP contribution is -2.31. The van der Waals surface area contributed by atoms with Gasteiger partial charge in [-0.2, -0.15) is 0 Å². The number of esters is 1. The minimum absolute atomic E-state index is 0.148. The van der Waals surface area contributed by atoms with Gasteiger partial charge in [-0.15, -0.1) is 0 Å². The number of carbonyl (C=O) groups excluding carboxylic acids is 2. The molecule has 6 nitrogen and oxygen atoms in total. The molecule has 26 heavy (non-hydrogen) atoms. The lowest BCUT2D eigenvalue weighted by Gasteiger charge is -2.16. The first-order valence-corrected chi connectivity index (χ1v) is 8.85. The number of hydrogen-bond donors (Lipinski definition) is 1. The molecule has 0 aliphatic carbocycles. The maximum Gasteiger partial charge on any atom is 0.306 e. The van der Waals surface area contributed by atoms with Crippen molar-refractivity contribution in [1.29, 1.82) is 0 Å². The van der Waals surface area contributed by atoms with E-state index in [0.717, 1.165) is 16.8 Å². The first kappa shape index (κ1) is 20.3. The van der Waals surface area contributed by atoms with Crippen molar-refractivity contribution in [2.45, 2.75) is 39.7 Å². The standard InChI is InChI=1S/C18H20Cl2N2O4/c1-10(15-5-4-13(19)8-16(15)20)21-17(23)9-25-18(24)7-6-14-11(2)22-26-12(14)3/h4-5,8,10H,6-7,9H2,1-3H3,(H,21,23)/t10-/m0/s1. The van der Waals surface area contributed by atoms with Crippen LogP contribution in [0.1, 0.15) is 42.0 Å². The van der Waals surface area contributed by atoms with Crippen molar-refractivity contribution in [3.05, 3.63) is 50.8 Å². The Morgan fingerprint density at radius 3 is 2.65 bits per heavy atom. The van der Waals surface area contributed by atoms with Crippen molar-refractivity contribution in [3.63, 3.8) is 0 Å². The first-order valence-electron chi connectivity index (χ1n) is 8.09. The summed E-state index contributed by atoms with van der Waals surface area (Å²) in [7, 11) is 0. The fraction of sp³-hybridized carbons (Fsp3) is 0.389. The monoisotopic (exact) mass is 398 g/mol. The van der Waals surface area contributed by atoms with Crippen molar-refractivity contribution in [2.24, 2.45) is 0 Å². The first-order chi connectivity index (χ1) is 12.3. The van der Waals surface area contributed by atoms with Crippen LogP contribution in [0.25, 0.3) is 0 Å². The van der Waals surface area contributed by atoms with E-state index in [-0.39, 0.29) is 19.1 Å². The molecule has 1 heterocycles. The zero-order chi connectivity index (χ0) is 19.3. The third-order valence-corrected chi connectivity index (χ3v) is 4.49. The second-order valence-electron chi connectivity index (χ2n) is 5.92. The number of nitrogens with one attached hydrogen (secondary N) is 1. The van der Waals surface area contributed by atoms with E-state index >= 15 is 0 Å². The smallest absolute Gasteiger partial charge is 0.306 e. The summed E-state index contributed by atoms with van der Waals surface area (Å²) in [5.74, 6) is -0.187. The molecule has 0 fully saturated rings. The molecular weight excluding hydrogens is 379 g/mol. The molecule has 0 bridgehead atoms. The Morgan fingerprint density at radius 2 is 2.04 bits per heavy atom. The molecule has 1 amide bonds. The number of benzene rings is 1. The average molecular weight is 399 g/mol. The highest BCUT2D eigenvalue weighted by Crippen LogP contribution is 2.26. The Labute approximate surface area is 161 Å². The molecule has 0 aliphatic heterocycles. The molecule has 1 aromatic carbocycles. The third-order valence-electron chi connectivity index (χ3n) is 3.93. The van der Waals surface area contributed by atoms with E-state index in [1.807, 2.05) is 6.92 Å². The summed E-state index contributed by atoms with van der Waals surface area (Å²) in [5.41, 5.74) is 2.37. The van der Waals surface area contributed by atoms with Gasteiger partial charge in [0.25, 0.3) is 5.91 Å². The molecule has 0 radical (unpaired) electrons. The second kappa shape index (κ2) is 9.05. The third kappa shape index (κ3) is 5.47. The van der Waals surface area contributed by atoms with E-state index in [4.69, 9.17) is 32.5 Å². The van der Waals surface area contributed by atoms with Crippen LogP contribution in [-0.4, -0.2) is 23.6 Å². The summed E-state index contributed by atoms with van der Waals surface area (Å²) in [4.78, 5) is 23.8. The number of rotatable bonds is 7. The van der Waals surface area contributed by atoms with Crippen LogP contribution in [0.3, 0.4) is 0 Å². The van der Waals surface area contributed by atoms with Crippen LogP contribution in [0.15, 0.2) is 22.7 Å². The van der Waals surface area contributed by atoms with Crippen LogP contribution in [0.4, 0.5) is 0 Å². The largest absolute Gasteiger partial charge is 0.456 e. The highest BCUT2D eigenvalue weighted by molar-refractivity contribution is 6.35. The molecule has 0 saturated carbocycles. The van der Waals surface area contributed by atoms with Gasteiger partial charge in [0.15, 0.2) is 6.61 Å². The van der Waals surface area contributed by atoms with Crippen LogP contribution < -0.4 is 5.32 Å². The van der Waals surface area contributed by atoms with Crippen molar-refractivity contribution in [3.8, 4) is 0 Å². The van der Waals surface area contributed by atoms with Gasteiger partial charge in [0, 0.05) is 22.0 Å². The van der Waals surface area contributed by atoms with Gasteiger partial charge in [0.2, 0.25) is 0 Å². The summed E-state index contributed by atoms with van der Waals surface area (Å²) in [5, 5.41) is 7.54. The number of hydrogen-bond acceptors (Lipinski definition) is 5. The zero-order valence-electron chi connectivity index (χ0n) is 14.8. The van der Waals surface area contributed by atoms with Gasteiger partial charge >= 0.3 is 5.97 Å². The highest BCUT2D eigenvalue weighted by Gasteiger charge is 2.16. The van der Waals surface area contributed by atoms with Gasteiger partial charge in [-0.05, 0) is 44.9 Å². The maximum atomic E-state index is 12.0. The van der Waals surface area contributed by atoms with Gasteiger partial charge in [-0.1, -0.05) is 34.4 Å². The fourth-order valence-corrected chi connectivity index (χ4v) is 3.09. The highest BCUT2D eigenvalue weighted by atomic mass is 35.5. The molecule has 0 spiro atoms. The zero-order valence-corrected chi connectivity index (χ0v) is 16.3. The molecule has 2 aromatic rings. The van der Waals surface area contributed by atoms with E-state index in [1.165, 1.54) is 0 Å². The molecule has 1 N–H and O–H groups in total. The maximum absolute atomic E-state index is 12.0. The number of halogens is 2. The minimum atomic E-state index is -0.461. The SMILES string of the molecule is Cc1noc(C)c1CCC(=O)OCC(=O)N[C@@H](C)c1ccc(Cl)cc1Cl. The van der Waals surface area contributed by atoms with Crippen molar-refractivity contribution < 1.29 is 18.8 Å². The number of amides is 1. The van der Waals surface area contributed by atoms with Crippen molar-refractivity contribution in [2.75, 3.05) is 6.61 Å². The predicted molar refractivity (Wildman–Crippen MR) is 98.3 cm³/mol. The van der Waals surface area contributed by atoms with Crippen LogP contribution in [-0.2, 0) is 20.7 Å². The molecule has 8 heteroatoms. The quantitative estimate of drug-likeness (QED) is 0.713. The van der Waals surface area contributed by atoms with Crippen molar-refractivity contribution >= 4 is 35.1 Å². The number of nitrogens with zero attached hydrogens (tertiary/aromatic N) is 1. The van der Waals surface area contributed by atoms with Gasteiger partial charge in [-0.3, -0.25) is 9.59 Å². The topological polar surface area (TPSA) is 81.4 Å². The fourth-order valence-electron chi connectivity index (χ4n) is 2.52. The normalized spacial score (nSPS) is 11.9. The number of aromatic nitrogens is 1. The minimum Gasteiger partial charge on any atom is -0.456 e. The Kier molecular flexibility index (Phi) is 7.06. The van der Waals surface area contributed by atoms with Crippen LogP contribution in [0.2, 0.25) is 10.0 Å². The van der Waals surface area contributed by atoms with E-state index < -0.39 is 11.9 Å².